The average molecular weight is 443 g/mol. The highest BCUT2D eigenvalue weighted by molar-refractivity contribution is 5.73. The monoisotopic (exact) mass is 443 g/mol. The van der Waals surface area contributed by atoms with E-state index < -0.39 is 12.1 Å². The predicted octanol–water partition coefficient (Wildman–Crippen LogP) is 5.01. The maximum Gasteiger partial charge on any atom is 0.490 e. The zero-order chi connectivity index (χ0) is 23.0. The first-order chi connectivity index (χ1) is 15.3. The van der Waals surface area contributed by atoms with Crippen LogP contribution in [-0.4, -0.2) is 32.4 Å². The van der Waals surface area contributed by atoms with Gasteiger partial charge < -0.3 is 14.3 Å². The lowest BCUT2D eigenvalue weighted by Crippen LogP contribution is -2.21. The molecule has 0 atom stereocenters. The van der Waals surface area contributed by atoms with Gasteiger partial charge in [0.05, 0.1) is 5.56 Å². The fourth-order valence-electron chi connectivity index (χ4n) is 2.38. The van der Waals surface area contributed by atoms with Gasteiger partial charge in [-0.15, -0.1) is 10.2 Å². The van der Waals surface area contributed by atoms with E-state index >= 15 is 0 Å². The highest BCUT2D eigenvalue weighted by Gasteiger charge is 2.38. The molecule has 0 unspecified atom stereocenters. The van der Waals surface area contributed by atoms with Crippen molar-refractivity contribution in [3.8, 4) is 28.7 Å². The van der Waals surface area contributed by atoms with E-state index in [1.54, 1.807) is 12.4 Å². The number of halogens is 3. The molecule has 1 N–H and O–H groups in total. The molecular weight excluding hydrogens is 427 g/mol. The summed E-state index contributed by atoms with van der Waals surface area (Å²) in [6.45, 7) is 0.534. The summed E-state index contributed by atoms with van der Waals surface area (Å²) in [6.07, 6.45) is -1.69. The van der Waals surface area contributed by atoms with Crippen LogP contribution in [-0.2, 0) is 11.4 Å². The van der Waals surface area contributed by atoms with E-state index in [4.69, 9.17) is 19.1 Å². The second-order valence-electron chi connectivity index (χ2n) is 6.26. The van der Waals surface area contributed by atoms with Crippen LogP contribution in [0.4, 0.5) is 13.2 Å². The standard InChI is InChI=1S/C20H15N3O2.C2HF3O2/c1-2-5-15(6-3-1)14-24-18-10-8-16(9-11-18)19-22-23-20(25-19)17-7-4-12-21-13-17;3-2(4,5)1(6)7/h1-13H,14H2;(H,6,7). The second kappa shape index (κ2) is 10.2. The zero-order valence-electron chi connectivity index (χ0n) is 16.4. The first-order valence-electron chi connectivity index (χ1n) is 9.14. The summed E-state index contributed by atoms with van der Waals surface area (Å²) in [4.78, 5) is 13.0. The van der Waals surface area contributed by atoms with Gasteiger partial charge in [0.15, 0.2) is 0 Å². The lowest BCUT2D eigenvalue weighted by atomic mass is 10.2. The topological polar surface area (TPSA) is 98.3 Å². The Kier molecular flexibility index (Phi) is 7.17. The molecule has 2 aromatic heterocycles. The molecule has 0 spiro atoms. The van der Waals surface area contributed by atoms with E-state index in [2.05, 4.69) is 15.2 Å². The maximum absolute atomic E-state index is 10.6. The Morgan fingerprint density at radius 3 is 2.09 bits per heavy atom. The zero-order valence-corrected chi connectivity index (χ0v) is 16.4. The van der Waals surface area contributed by atoms with Crippen LogP contribution in [0.2, 0.25) is 0 Å². The Morgan fingerprint density at radius 1 is 0.906 bits per heavy atom. The minimum absolute atomic E-state index is 0.451. The van der Waals surface area contributed by atoms with Crippen LogP contribution in [0, 0.1) is 0 Å². The third-order valence-electron chi connectivity index (χ3n) is 3.93. The van der Waals surface area contributed by atoms with Crippen molar-refractivity contribution in [2.45, 2.75) is 12.8 Å². The number of pyridine rings is 1. The summed E-state index contributed by atoms with van der Waals surface area (Å²) in [7, 11) is 0. The SMILES string of the molecule is O=C(O)C(F)(F)F.c1ccc(COc2ccc(-c3nnc(-c4cccnc4)o3)cc2)cc1. The van der Waals surface area contributed by atoms with Gasteiger partial charge in [0.2, 0.25) is 11.8 Å². The van der Waals surface area contributed by atoms with E-state index in [1.807, 2.05) is 66.7 Å². The first-order valence-corrected chi connectivity index (χ1v) is 9.14. The molecule has 7 nitrogen and oxygen atoms in total. The van der Waals surface area contributed by atoms with Crippen LogP contribution in [0.5, 0.6) is 5.75 Å². The fraction of sp³-hybridized carbons (Fsp3) is 0.0909. The number of benzene rings is 2. The number of carboxylic acids is 1. The number of nitrogens with zero attached hydrogens (tertiary/aromatic N) is 3. The molecule has 0 aliphatic rings. The van der Waals surface area contributed by atoms with Gasteiger partial charge in [-0.2, -0.15) is 13.2 Å². The first kappa shape index (κ1) is 22.5. The quantitative estimate of drug-likeness (QED) is 0.463. The number of alkyl halides is 3. The van der Waals surface area contributed by atoms with E-state index in [0.717, 1.165) is 22.4 Å². The maximum atomic E-state index is 10.6. The number of rotatable bonds is 5. The summed E-state index contributed by atoms with van der Waals surface area (Å²) < 4.78 is 43.2. The largest absolute Gasteiger partial charge is 0.490 e. The highest BCUT2D eigenvalue weighted by Crippen LogP contribution is 2.25. The van der Waals surface area contributed by atoms with Crippen molar-refractivity contribution in [1.82, 2.24) is 15.2 Å². The smallest absolute Gasteiger partial charge is 0.489 e. The summed E-state index contributed by atoms with van der Waals surface area (Å²) in [5.41, 5.74) is 2.77. The van der Waals surface area contributed by atoms with Crippen LogP contribution < -0.4 is 4.74 Å². The number of ether oxygens (including phenoxy) is 1. The second-order valence-corrected chi connectivity index (χ2v) is 6.26. The normalized spacial score (nSPS) is 10.7. The van der Waals surface area contributed by atoms with Gasteiger partial charge in [0.1, 0.15) is 12.4 Å². The Balaban J connectivity index is 0.000000360. The molecule has 0 fully saturated rings. The number of aliphatic carboxylic acids is 1. The van der Waals surface area contributed by atoms with Crippen molar-refractivity contribution in [2.75, 3.05) is 0 Å². The molecule has 0 saturated carbocycles. The molecule has 4 aromatic rings. The third-order valence-corrected chi connectivity index (χ3v) is 3.93. The van der Waals surface area contributed by atoms with Gasteiger partial charge in [0, 0.05) is 18.0 Å². The number of carboxylic acid groups (broad SMARTS) is 1. The molecule has 4 rings (SSSR count). The molecular formula is C22H16F3N3O4. The molecule has 0 aliphatic carbocycles. The van der Waals surface area contributed by atoms with Gasteiger partial charge in [-0.3, -0.25) is 4.98 Å². The summed E-state index contributed by atoms with van der Waals surface area (Å²) in [5.74, 6) is -1.05. The highest BCUT2D eigenvalue weighted by atomic mass is 19.4. The van der Waals surface area contributed by atoms with Gasteiger partial charge >= 0.3 is 12.1 Å². The molecule has 32 heavy (non-hydrogen) atoms. The summed E-state index contributed by atoms with van der Waals surface area (Å²) in [5, 5.41) is 15.3. The fourth-order valence-corrected chi connectivity index (χ4v) is 2.38. The van der Waals surface area contributed by atoms with Gasteiger partial charge in [-0.25, -0.2) is 4.79 Å². The van der Waals surface area contributed by atoms with Crippen molar-refractivity contribution in [3.63, 3.8) is 0 Å². The molecule has 0 bridgehead atoms. The lowest BCUT2D eigenvalue weighted by Gasteiger charge is -2.06. The van der Waals surface area contributed by atoms with Crippen LogP contribution in [0.25, 0.3) is 22.9 Å². The minimum Gasteiger partial charge on any atom is -0.489 e. The molecule has 0 aliphatic heterocycles. The predicted molar refractivity (Wildman–Crippen MR) is 107 cm³/mol. The van der Waals surface area contributed by atoms with E-state index in [0.29, 0.717) is 18.4 Å². The molecule has 0 radical (unpaired) electrons. The summed E-state index contributed by atoms with van der Waals surface area (Å²) in [6, 6.07) is 21.4. The van der Waals surface area contributed by atoms with Crippen molar-refractivity contribution in [3.05, 3.63) is 84.7 Å². The van der Waals surface area contributed by atoms with Crippen molar-refractivity contribution < 1.29 is 32.2 Å². The van der Waals surface area contributed by atoms with Crippen molar-refractivity contribution in [1.29, 1.82) is 0 Å². The number of hydrogen-bond acceptors (Lipinski definition) is 6. The van der Waals surface area contributed by atoms with E-state index in [9.17, 15) is 13.2 Å². The van der Waals surface area contributed by atoms with Crippen LogP contribution in [0.3, 0.4) is 0 Å². The Bertz CT molecular complexity index is 1130. The molecule has 0 amide bonds. The molecule has 0 saturated heterocycles. The van der Waals surface area contributed by atoms with Gasteiger partial charge in [-0.1, -0.05) is 30.3 Å². The molecule has 2 aromatic carbocycles. The molecule has 10 heteroatoms. The Morgan fingerprint density at radius 2 is 1.53 bits per heavy atom. The Labute approximate surface area is 180 Å². The Hall–Kier alpha value is -4.21. The molecule has 2 heterocycles. The van der Waals surface area contributed by atoms with E-state index in [-0.39, 0.29) is 0 Å². The van der Waals surface area contributed by atoms with Gasteiger partial charge in [-0.05, 0) is 42.0 Å². The van der Waals surface area contributed by atoms with Crippen LogP contribution >= 0.6 is 0 Å². The van der Waals surface area contributed by atoms with Crippen LogP contribution in [0.15, 0.2) is 83.5 Å². The minimum atomic E-state index is -5.08. The third kappa shape index (κ3) is 6.39. The number of hydrogen-bond donors (Lipinski definition) is 1. The molecule has 164 valence electrons. The van der Waals surface area contributed by atoms with Gasteiger partial charge in [0.25, 0.3) is 0 Å². The number of aromatic nitrogens is 3. The van der Waals surface area contributed by atoms with E-state index in [1.165, 1.54) is 0 Å². The number of carbonyl (C=O) groups is 1. The average Bonchev–Trinajstić information content (AvgIpc) is 3.29. The van der Waals surface area contributed by atoms with Crippen molar-refractivity contribution >= 4 is 5.97 Å². The lowest BCUT2D eigenvalue weighted by molar-refractivity contribution is -0.192. The van der Waals surface area contributed by atoms with Crippen LogP contribution in [0.1, 0.15) is 5.56 Å². The summed E-state index contributed by atoms with van der Waals surface area (Å²) >= 11 is 0. The van der Waals surface area contributed by atoms with Crippen molar-refractivity contribution in [2.24, 2.45) is 0 Å².